The average Bonchev–Trinajstić information content (AvgIpc) is 2.62. The van der Waals surface area contributed by atoms with E-state index in [2.05, 4.69) is 0 Å². The van der Waals surface area contributed by atoms with Gasteiger partial charge >= 0.3 is 5.97 Å². The zero-order chi connectivity index (χ0) is 19.3. The van der Waals surface area contributed by atoms with Crippen molar-refractivity contribution >= 4 is 17.8 Å². The number of carbonyl (C=O) groups is 3. The Bertz CT molecular complexity index is 648. The first-order valence-corrected chi connectivity index (χ1v) is 9.09. The summed E-state index contributed by atoms with van der Waals surface area (Å²) >= 11 is 0. The van der Waals surface area contributed by atoms with Crippen molar-refractivity contribution in [2.24, 2.45) is 11.8 Å². The molecule has 0 aromatic heterocycles. The Morgan fingerprint density at radius 3 is 2.31 bits per heavy atom. The first-order chi connectivity index (χ1) is 12.3. The molecule has 1 saturated heterocycles. The number of hydrogen-bond donors (Lipinski definition) is 1. The van der Waals surface area contributed by atoms with E-state index in [0.29, 0.717) is 32.4 Å². The molecular formula is C20H28N2O4. The minimum absolute atomic E-state index is 0.0365. The summed E-state index contributed by atoms with van der Waals surface area (Å²) in [5.74, 6) is -1.54. The van der Waals surface area contributed by atoms with Gasteiger partial charge < -0.3 is 14.9 Å². The molecule has 0 bridgehead atoms. The van der Waals surface area contributed by atoms with Gasteiger partial charge in [-0.15, -0.1) is 0 Å². The minimum Gasteiger partial charge on any atom is -0.481 e. The van der Waals surface area contributed by atoms with Crippen LogP contribution in [0.15, 0.2) is 24.3 Å². The standard InChI is InChI=1S/C20H28N2O4/c1-14-4-6-16(7-5-14)12-15(2)19(24)21(3)13-18(23)22-10-8-17(9-11-22)20(25)26/h4-7,15,17H,8-13H2,1-3H3,(H,25,26). The topological polar surface area (TPSA) is 77.9 Å². The molecule has 6 heteroatoms. The maximum absolute atomic E-state index is 12.6. The molecule has 1 heterocycles. The second-order valence-corrected chi connectivity index (χ2v) is 7.28. The molecule has 1 unspecified atom stereocenters. The van der Waals surface area contributed by atoms with E-state index in [1.165, 1.54) is 10.5 Å². The third-order valence-corrected chi connectivity index (χ3v) is 5.03. The van der Waals surface area contributed by atoms with E-state index < -0.39 is 5.97 Å². The molecule has 0 spiro atoms. The van der Waals surface area contributed by atoms with Crippen molar-refractivity contribution in [3.8, 4) is 0 Å². The van der Waals surface area contributed by atoms with Crippen LogP contribution < -0.4 is 0 Å². The number of piperidine rings is 1. The summed E-state index contributed by atoms with van der Waals surface area (Å²) in [4.78, 5) is 39.1. The van der Waals surface area contributed by atoms with Crippen LogP contribution >= 0.6 is 0 Å². The van der Waals surface area contributed by atoms with Crippen molar-refractivity contribution in [2.75, 3.05) is 26.7 Å². The van der Waals surface area contributed by atoms with Gasteiger partial charge in [0.1, 0.15) is 0 Å². The third kappa shape index (κ3) is 5.31. The Morgan fingerprint density at radius 1 is 1.19 bits per heavy atom. The summed E-state index contributed by atoms with van der Waals surface area (Å²) in [6.07, 6.45) is 1.59. The molecule has 142 valence electrons. The zero-order valence-electron chi connectivity index (χ0n) is 15.8. The van der Waals surface area contributed by atoms with Gasteiger partial charge in [-0.2, -0.15) is 0 Å². The fourth-order valence-corrected chi connectivity index (χ4v) is 3.30. The van der Waals surface area contributed by atoms with Crippen LogP contribution in [0.3, 0.4) is 0 Å². The predicted molar refractivity (Wildman–Crippen MR) is 98.6 cm³/mol. The molecular weight excluding hydrogens is 332 g/mol. The van der Waals surface area contributed by atoms with Crippen molar-refractivity contribution in [2.45, 2.75) is 33.1 Å². The monoisotopic (exact) mass is 360 g/mol. The lowest BCUT2D eigenvalue weighted by molar-refractivity contribution is -0.146. The van der Waals surface area contributed by atoms with Crippen LogP contribution in [-0.4, -0.2) is 59.4 Å². The van der Waals surface area contributed by atoms with Crippen molar-refractivity contribution < 1.29 is 19.5 Å². The highest BCUT2D eigenvalue weighted by atomic mass is 16.4. The maximum Gasteiger partial charge on any atom is 0.306 e. The van der Waals surface area contributed by atoms with Crippen LogP contribution in [0.2, 0.25) is 0 Å². The van der Waals surface area contributed by atoms with Gasteiger partial charge in [0.25, 0.3) is 0 Å². The molecule has 1 N–H and O–H groups in total. The van der Waals surface area contributed by atoms with E-state index >= 15 is 0 Å². The number of hydrogen-bond acceptors (Lipinski definition) is 3. The molecule has 1 aliphatic heterocycles. The Hall–Kier alpha value is -2.37. The van der Waals surface area contributed by atoms with Crippen molar-refractivity contribution in [1.82, 2.24) is 9.80 Å². The van der Waals surface area contributed by atoms with Gasteiger partial charge in [0.05, 0.1) is 12.5 Å². The molecule has 2 rings (SSSR count). The number of rotatable bonds is 6. The summed E-state index contributed by atoms with van der Waals surface area (Å²) in [5.41, 5.74) is 2.29. The summed E-state index contributed by atoms with van der Waals surface area (Å²) in [6, 6.07) is 8.11. The highest BCUT2D eigenvalue weighted by molar-refractivity contribution is 5.86. The number of amides is 2. The number of likely N-dealkylation sites (N-methyl/N-ethyl adjacent to an activating group) is 1. The van der Waals surface area contributed by atoms with Gasteiger partial charge in [-0.3, -0.25) is 14.4 Å². The summed E-state index contributed by atoms with van der Waals surface area (Å²) < 4.78 is 0. The van der Waals surface area contributed by atoms with E-state index in [4.69, 9.17) is 5.11 Å². The molecule has 26 heavy (non-hydrogen) atoms. The SMILES string of the molecule is Cc1ccc(CC(C)C(=O)N(C)CC(=O)N2CCC(C(=O)O)CC2)cc1. The molecule has 1 aromatic carbocycles. The lowest BCUT2D eigenvalue weighted by Crippen LogP contribution is -2.46. The summed E-state index contributed by atoms with van der Waals surface area (Å²) in [6.45, 7) is 4.82. The van der Waals surface area contributed by atoms with Crippen LogP contribution in [0, 0.1) is 18.8 Å². The van der Waals surface area contributed by atoms with E-state index in [9.17, 15) is 14.4 Å². The predicted octanol–water partition coefficient (Wildman–Crippen LogP) is 1.96. The molecule has 1 aliphatic rings. The smallest absolute Gasteiger partial charge is 0.306 e. The zero-order valence-corrected chi connectivity index (χ0v) is 15.8. The molecule has 1 fully saturated rings. The average molecular weight is 360 g/mol. The number of aliphatic carboxylic acids is 1. The first-order valence-electron chi connectivity index (χ1n) is 9.09. The van der Waals surface area contributed by atoms with Gasteiger partial charge in [0, 0.05) is 26.1 Å². The largest absolute Gasteiger partial charge is 0.481 e. The van der Waals surface area contributed by atoms with E-state index in [-0.39, 0.29) is 30.2 Å². The van der Waals surface area contributed by atoms with Crippen molar-refractivity contribution in [3.05, 3.63) is 35.4 Å². The number of benzene rings is 1. The Kier molecular flexibility index (Phi) is 6.77. The van der Waals surface area contributed by atoms with Crippen LogP contribution in [-0.2, 0) is 20.8 Å². The summed E-state index contributed by atoms with van der Waals surface area (Å²) in [5, 5.41) is 9.02. The molecule has 0 radical (unpaired) electrons. The third-order valence-electron chi connectivity index (χ3n) is 5.03. The van der Waals surface area contributed by atoms with Crippen molar-refractivity contribution in [3.63, 3.8) is 0 Å². The van der Waals surface area contributed by atoms with Crippen LogP contribution in [0.1, 0.15) is 30.9 Å². The number of carbonyl (C=O) groups excluding carboxylic acids is 2. The Balaban J connectivity index is 1.83. The maximum atomic E-state index is 12.6. The number of aryl methyl sites for hydroxylation is 1. The molecule has 6 nitrogen and oxygen atoms in total. The Labute approximate surface area is 154 Å². The number of carboxylic acid groups (broad SMARTS) is 1. The molecule has 0 saturated carbocycles. The molecule has 1 aromatic rings. The van der Waals surface area contributed by atoms with Gasteiger partial charge in [0.2, 0.25) is 11.8 Å². The second kappa shape index (κ2) is 8.83. The lowest BCUT2D eigenvalue weighted by atomic mass is 9.97. The fourth-order valence-electron chi connectivity index (χ4n) is 3.30. The minimum atomic E-state index is -0.797. The summed E-state index contributed by atoms with van der Waals surface area (Å²) in [7, 11) is 1.65. The van der Waals surface area contributed by atoms with E-state index in [1.807, 2.05) is 38.1 Å². The highest BCUT2D eigenvalue weighted by Crippen LogP contribution is 2.18. The van der Waals surface area contributed by atoms with Gasteiger partial charge in [-0.05, 0) is 31.7 Å². The van der Waals surface area contributed by atoms with Crippen LogP contribution in [0.5, 0.6) is 0 Å². The fraction of sp³-hybridized carbons (Fsp3) is 0.550. The molecule has 2 amide bonds. The molecule has 1 atom stereocenters. The number of likely N-dealkylation sites (tertiary alicyclic amines) is 1. The van der Waals surface area contributed by atoms with Crippen LogP contribution in [0.4, 0.5) is 0 Å². The number of nitrogens with zero attached hydrogens (tertiary/aromatic N) is 2. The lowest BCUT2D eigenvalue weighted by Gasteiger charge is -2.32. The first kappa shape index (κ1) is 19.9. The Morgan fingerprint density at radius 2 is 1.77 bits per heavy atom. The van der Waals surface area contributed by atoms with E-state index in [0.717, 1.165) is 5.56 Å². The normalized spacial score (nSPS) is 16.2. The highest BCUT2D eigenvalue weighted by Gasteiger charge is 2.28. The van der Waals surface area contributed by atoms with Crippen LogP contribution in [0.25, 0.3) is 0 Å². The molecule has 0 aliphatic carbocycles. The quantitative estimate of drug-likeness (QED) is 0.841. The number of carboxylic acids is 1. The van der Waals surface area contributed by atoms with Gasteiger partial charge in [-0.25, -0.2) is 0 Å². The van der Waals surface area contributed by atoms with E-state index in [1.54, 1.807) is 11.9 Å². The van der Waals surface area contributed by atoms with Gasteiger partial charge in [-0.1, -0.05) is 36.8 Å². The van der Waals surface area contributed by atoms with Gasteiger partial charge in [0.15, 0.2) is 0 Å². The second-order valence-electron chi connectivity index (χ2n) is 7.28. The van der Waals surface area contributed by atoms with Crippen molar-refractivity contribution in [1.29, 1.82) is 0 Å².